The van der Waals surface area contributed by atoms with Gasteiger partial charge in [-0.15, -0.1) is 0 Å². The zero-order valence-electron chi connectivity index (χ0n) is 12.8. The zero-order valence-corrected chi connectivity index (χ0v) is 12.8. The first kappa shape index (κ1) is 15.4. The molecular formula is C20H11F3O2. The van der Waals surface area contributed by atoms with Gasteiger partial charge in [0.05, 0.1) is 5.56 Å². The Morgan fingerprint density at radius 1 is 0.840 bits per heavy atom. The van der Waals surface area contributed by atoms with Gasteiger partial charge in [0.25, 0.3) is 0 Å². The molecule has 0 radical (unpaired) electrons. The zero-order chi connectivity index (χ0) is 17.6. The SMILES string of the molecule is O=c1cc(-c2cccc(C(F)(F)F)c2)c2c(ccc3ccccc32)o1. The van der Waals surface area contributed by atoms with Gasteiger partial charge in [-0.3, -0.25) is 0 Å². The molecule has 1 heterocycles. The molecule has 124 valence electrons. The molecule has 0 atom stereocenters. The van der Waals surface area contributed by atoms with Crippen molar-refractivity contribution >= 4 is 21.7 Å². The van der Waals surface area contributed by atoms with Gasteiger partial charge in [-0.25, -0.2) is 4.79 Å². The van der Waals surface area contributed by atoms with E-state index < -0.39 is 17.4 Å². The molecular weight excluding hydrogens is 329 g/mol. The predicted octanol–water partition coefficient (Wildman–Crippen LogP) is 5.63. The molecule has 0 fully saturated rings. The van der Waals surface area contributed by atoms with Gasteiger partial charge in [0.1, 0.15) is 5.58 Å². The van der Waals surface area contributed by atoms with E-state index in [0.29, 0.717) is 22.1 Å². The maximum atomic E-state index is 13.0. The van der Waals surface area contributed by atoms with E-state index >= 15 is 0 Å². The van der Waals surface area contributed by atoms with Crippen LogP contribution in [0.25, 0.3) is 32.9 Å². The van der Waals surface area contributed by atoms with Crippen LogP contribution in [0.3, 0.4) is 0 Å². The Hall–Kier alpha value is -3.08. The number of rotatable bonds is 1. The van der Waals surface area contributed by atoms with Crippen LogP contribution in [0.4, 0.5) is 13.2 Å². The Bertz CT molecular complexity index is 1160. The van der Waals surface area contributed by atoms with E-state index in [1.807, 2.05) is 30.3 Å². The monoisotopic (exact) mass is 340 g/mol. The number of fused-ring (bicyclic) bond motifs is 3. The Morgan fingerprint density at radius 3 is 2.44 bits per heavy atom. The van der Waals surface area contributed by atoms with Crippen molar-refractivity contribution in [3.05, 3.63) is 82.7 Å². The van der Waals surface area contributed by atoms with Crippen LogP contribution in [-0.2, 0) is 6.18 Å². The smallest absolute Gasteiger partial charge is 0.416 e. The van der Waals surface area contributed by atoms with Crippen LogP contribution in [0.15, 0.2) is 75.9 Å². The van der Waals surface area contributed by atoms with Crippen molar-refractivity contribution in [1.29, 1.82) is 0 Å². The van der Waals surface area contributed by atoms with Crippen molar-refractivity contribution in [3.63, 3.8) is 0 Å². The molecule has 0 saturated heterocycles. The van der Waals surface area contributed by atoms with E-state index in [4.69, 9.17) is 4.42 Å². The summed E-state index contributed by atoms with van der Waals surface area (Å²) in [5.74, 6) is 0. The summed E-state index contributed by atoms with van der Waals surface area (Å²) in [6, 6.07) is 17.1. The van der Waals surface area contributed by atoms with Crippen molar-refractivity contribution in [1.82, 2.24) is 0 Å². The molecule has 0 aliphatic heterocycles. The van der Waals surface area contributed by atoms with E-state index in [9.17, 15) is 18.0 Å². The third-order valence-corrected chi connectivity index (χ3v) is 4.13. The molecule has 0 bridgehead atoms. The number of hydrogen-bond donors (Lipinski definition) is 0. The molecule has 0 saturated carbocycles. The lowest BCUT2D eigenvalue weighted by molar-refractivity contribution is -0.137. The molecule has 2 nitrogen and oxygen atoms in total. The average molecular weight is 340 g/mol. The Balaban J connectivity index is 2.11. The lowest BCUT2D eigenvalue weighted by atomic mass is 9.96. The standard InChI is InChI=1S/C20H11F3O2/c21-20(22,23)14-6-3-5-13(10-14)16-11-18(24)25-17-9-8-12-4-1-2-7-15(12)19(16)17/h1-11H. The van der Waals surface area contributed by atoms with Crippen LogP contribution in [0.5, 0.6) is 0 Å². The summed E-state index contributed by atoms with van der Waals surface area (Å²) in [6.07, 6.45) is -4.45. The maximum Gasteiger partial charge on any atom is 0.416 e. The number of benzene rings is 3. The van der Waals surface area contributed by atoms with Gasteiger partial charge >= 0.3 is 11.8 Å². The van der Waals surface area contributed by atoms with Crippen LogP contribution in [-0.4, -0.2) is 0 Å². The summed E-state index contributed by atoms with van der Waals surface area (Å²) in [4.78, 5) is 11.9. The van der Waals surface area contributed by atoms with Crippen LogP contribution in [0.1, 0.15) is 5.56 Å². The van der Waals surface area contributed by atoms with Crippen molar-refractivity contribution in [3.8, 4) is 11.1 Å². The molecule has 4 aromatic rings. The largest absolute Gasteiger partial charge is 0.423 e. The molecule has 0 N–H and O–H groups in total. The molecule has 0 aliphatic rings. The van der Waals surface area contributed by atoms with Gasteiger partial charge in [0.15, 0.2) is 0 Å². The number of alkyl halides is 3. The second-order valence-corrected chi connectivity index (χ2v) is 5.72. The first-order chi connectivity index (χ1) is 11.9. The van der Waals surface area contributed by atoms with E-state index in [1.54, 1.807) is 12.1 Å². The Morgan fingerprint density at radius 2 is 1.64 bits per heavy atom. The fourth-order valence-corrected chi connectivity index (χ4v) is 3.03. The molecule has 4 rings (SSSR count). The van der Waals surface area contributed by atoms with Crippen molar-refractivity contribution in [2.45, 2.75) is 6.18 Å². The second-order valence-electron chi connectivity index (χ2n) is 5.72. The van der Waals surface area contributed by atoms with Gasteiger partial charge < -0.3 is 4.42 Å². The summed E-state index contributed by atoms with van der Waals surface area (Å²) in [5.41, 5.74) is -0.265. The summed E-state index contributed by atoms with van der Waals surface area (Å²) in [6.45, 7) is 0. The molecule has 0 amide bonds. The first-order valence-corrected chi connectivity index (χ1v) is 7.57. The summed E-state index contributed by atoms with van der Waals surface area (Å²) < 4.78 is 44.4. The van der Waals surface area contributed by atoms with Gasteiger partial charge in [0.2, 0.25) is 0 Å². The quantitative estimate of drug-likeness (QED) is 0.332. The molecule has 25 heavy (non-hydrogen) atoms. The predicted molar refractivity (Wildman–Crippen MR) is 90.4 cm³/mol. The summed E-state index contributed by atoms with van der Waals surface area (Å²) in [5, 5.41) is 2.35. The maximum absolute atomic E-state index is 13.0. The summed E-state index contributed by atoms with van der Waals surface area (Å²) >= 11 is 0. The van der Waals surface area contributed by atoms with E-state index in [2.05, 4.69) is 0 Å². The van der Waals surface area contributed by atoms with Gasteiger partial charge in [0, 0.05) is 17.0 Å². The number of hydrogen-bond acceptors (Lipinski definition) is 2. The van der Waals surface area contributed by atoms with Crippen molar-refractivity contribution in [2.24, 2.45) is 0 Å². The van der Waals surface area contributed by atoms with Crippen molar-refractivity contribution < 1.29 is 17.6 Å². The van der Waals surface area contributed by atoms with Crippen LogP contribution < -0.4 is 5.63 Å². The topological polar surface area (TPSA) is 30.2 Å². The van der Waals surface area contributed by atoms with Crippen LogP contribution >= 0.6 is 0 Å². The third kappa shape index (κ3) is 2.67. The Labute approximate surface area is 140 Å². The lowest BCUT2D eigenvalue weighted by Gasteiger charge is -2.11. The fourth-order valence-electron chi connectivity index (χ4n) is 3.03. The van der Waals surface area contributed by atoms with Crippen LogP contribution in [0.2, 0.25) is 0 Å². The molecule has 3 aromatic carbocycles. The highest BCUT2D eigenvalue weighted by Crippen LogP contribution is 2.36. The molecule has 0 unspecified atom stereocenters. The minimum atomic E-state index is -4.45. The first-order valence-electron chi connectivity index (χ1n) is 7.57. The second kappa shape index (κ2) is 5.48. The normalized spacial score (nSPS) is 12.0. The van der Waals surface area contributed by atoms with Crippen LogP contribution in [0, 0.1) is 0 Å². The molecule has 5 heteroatoms. The average Bonchev–Trinajstić information content (AvgIpc) is 2.60. The highest BCUT2D eigenvalue weighted by atomic mass is 19.4. The minimum absolute atomic E-state index is 0.323. The summed E-state index contributed by atoms with van der Waals surface area (Å²) in [7, 11) is 0. The van der Waals surface area contributed by atoms with E-state index in [0.717, 1.165) is 22.9 Å². The molecule has 1 aromatic heterocycles. The molecule has 0 aliphatic carbocycles. The van der Waals surface area contributed by atoms with Gasteiger partial charge in [-0.1, -0.05) is 42.5 Å². The highest BCUT2D eigenvalue weighted by Gasteiger charge is 2.30. The van der Waals surface area contributed by atoms with Gasteiger partial charge in [-0.05, 0) is 34.5 Å². The fraction of sp³-hybridized carbons (Fsp3) is 0.0500. The third-order valence-electron chi connectivity index (χ3n) is 4.13. The number of halogens is 3. The lowest BCUT2D eigenvalue weighted by Crippen LogP contribution is -2.05. The van der Waals surface area contributed by atoms with Gasteiger partial charge in [-0.2, -0.15) is 13.2 Å². The minimum Gasteiger partial charge on any atom is -0.423 e. The molecule has 0 spiro atoms. The highest BCUT2D eigenvalue weighted by molar-refractivity contribution is 6.12. The Kier molecular flexibility index (Phi) is 3.39. The van der Waals surface area contributed by atoms with E-state index in [-0.39, 0.29) is 0 Å². The van der Waals surface area contributed by atoms with Crippen molar-refractivity contribution in [2.75, 3.05) is 0 Å². The van der Waals surface area contributed by atoms with E-state index in [1.165, 1.54) is 12.1 Å².